The first kappa shape index (κ1) is 14.3. The third kappa shape index (κ3) is 3.71. The van der Waals surface area contributed by atoms with Crippen LogP contribution < -0.4 is 15.2 Å². The van der Waals surface area contributed by atoms with Crippen molar-refractivity contribution in [1.29, 1.82) is 0 Å². The van der Waals surface area contributed by atoms with Gasteiger partial charge in [-0.25, -0.2) is 0 Å². The molecular formula is C16H20N2O2. The Bertz CT molecular complexity index is 523. The van der Waals surface area contributed by atoms with Gasteiger partial charge in [-0.3, -0.25) is 4.98 Å². The van der Waals surface area contributed by atoms with Crippen LogP contribution in [0.25, 0.3) is 0 Å². The molecule has 0 saturated heterocycles. The number of hydrogen-bond acceptors (Lipinski definition) is 4. The van der Waals surface area contributed by atoms with Crippen LogP contribution in [0, 0.1) is 0 Å². The second-order valence-electron chi connectivity index (χ2n) is 4.57. The van der Waals surface area contributed by atoms with Crippen molar-refractivity contribution >= 4 is 0 Å². The number of benzene rings is 1. The summed E-state index contributed by atoms with van der Waals surface area (Å²) >= 11 is 0. The molecule has 0 unspecified atom stereocenters. The number of nitrogens with zero attached hydrogens (tertiary/aromatic N) is 1. The SMILES string of the molecule is CC[C@H](N)c1ccc(OCc2ccc(OC)cc2)cn1. The maximum Gasteiger partial charge on any atom is 0.138 e. The fourth-order valence-electron chi connectivity index (χ4n) is 1.79. The van der Waals surface area contributed by atoms with Gasteiger partial charge in [0.25, 0.3) is 0 Å². The molecule has 2 rings (SSSR count). The van der Waals surface area contributed by atoms with E-state index in [1.165, 1.54) is 0 Å². The number of nitrogens with two attached hydrogens (primary N) is 1. The van der Waals surface area contributed by atoms with Crippen LogP contribution in [-0.2, 0) is 6.61 Å². The van der Waals surface area contributed by atoms with Crippen LogP contribution in [0.2, 0.25) is 0 Å². The van der Waals surface area contributed by atoms with Gasteiger partial charge in [-0.05, 0) is 36.2 Å². The summed E-state index contributed by atoms with van der Waals surface area (Å²) in [5.41, 5.74) is 7.90. The van der Waals surface area contributed by atoms with Crippen molar-refractivity contribution in [1.82, 2.24) is 4.98 Å². The van der Waals surface area contributed by atoms with Gasteiger partial charge in [0, 0.05) is 6.04 Å². The van der Waals surface area contributed by atoms with Crippen LogP contribution in [-0.4, -0.2) is 12.1 Å². The van der Waals surface area contributed by atoms with E-state index in [-0.39, 0.29) is 6.04 Å². The number of hydrogen-bond donors (Lipinski definition) is 1. The molecule has 0 fully saturated rings. The molecule has 4 nitrogen and oxygen atoms in total. The van der Waals surface area contributed by atoms with E-state index in [0.717, 1.165) is 29.2 Å². The van der Waals surface area contributed by atoms with Gasteiger partial charge >= 0.3 is 0 Å². The lowest BCUT2D eigenvalue weighted by atomic mass is 10.1. The summed E-state index contributed by atoms with van der Waals surface area (Å²) < 4.78 is 10.8. The minimum absolute atomic E-state index is 0.00867. The van der Waals surface area contributed by atoms with Crippen molar-refractivity contribution in [2.75, 3.05) is 7.11 Å². The molecule has 0 spiro atoms. The zero-order chi connectivity index (χ0) is 14.4. The van der Waals surface area contributed by atoms with Gasteiger partial charge in [-0.2, -0.15) is 0 Å². The van der Waals surface area contributed by atoms with Crippen molar-refractivity contribution < 1.29 is 9.47 Å². The van der Waals surface area contributed by atoms with E-state index in [1.54, 1.807) is 13.3 Å². The molecule has 0 saturated carbocycles. The number of rotatable bonds is 6. The fraction of sp³-hybridized carbons (Fsp3) is 0.312. The molecule has 0 aliphatic carbocycles. The molecule has 0 bridgehead atoms. The molecule has 4 heteroatoms. The second kappa shape index (κ2) is 6.91. The molecule has 2 aromatic rings. The Morgan fingerprint density at radius 2 is 1.80 bits per heavy atom. The lowest BCUT2D eigenvalue weighted by molar-refractivity contribution is 0.304. The summed E-state index contributed by atoms with van der Waals surface area (Å²) in [6, 6.07) is 11.6. The molecule has 0 aliphatic rings. The Hall–Kier alpha value is -2.07. The summed E-state index contributed by atoms with van der Waals surface area (Å²) in [5, 5.41) is 0. The molecule has 0 aliphatic heterocycles. The molecule has 1 aromatic carbocycles. The molecule has 20 heavy (non-hydrogen) atoms. The lowest BCUT2D eigenvalue weighted by Gasteiger charge is -2.10. The zero-order valence-corrected chi connectivity index (χ0v) is 11.9. The van der Waals surface area contributed by atoms with E-state index in [4.69, 9.17) is 15.2 Å². The molecule has 1 heterocycles. The number of aromatic nitrogens is 1. The predicted octanol–water partition coefficient (Wildman–Crippen LogP) is 3.08. The fourth-order valence-corrected chi connectivity index (χ4v) is 1.79. The molecular weight excluding hydrogens is 252 g/mol. The van der Waals surface area contributed by atoms with Gasteiger partial charge in [0.2, 0.25) is 0 Å². The van der Waals surface area contributed by atoms with E-state index in [2.05, 4.69) is 4.98 Å². The molecule has 106 valence electrons. The third-order valence-corrected chi connectivity index (χ3v) is 3.14. The smallest absolute Gasteiger partial charge is 0.138 e. The number of ether oxygens (including phenoxy) is 2. The van der Waals surface area contributed by atoms with E-state index in [0.29, 0.717) is 6.61 Å². The largest absolute Gasteiger partial charge is 0.497 e. The highest BCUT2D eigenvalue weighted by molar-refractivity contribution is 5.27. The maximum atomic E-state index is 5.92. The summed E-state index contributed by atoms with van der Waals surface area (Å²) in [4.78, 5) is 4.32. The highest BCUT2D eigenvalue weighted by Crippen LogP contribution is 2.17. The summed E-state index contributed by atoms with van der Waals surface area (Å²) in [7, 11) is 1.65. The molecule has 0 amide bonds. The average Bonchev–Trinajstić information content (AvgIpc) is 2.53. The van der Waals surface area contributed by atoms with Crippen molar-refractivity contribution in [3.63, 3.8) is 0 Å². The quantitative estimate of drug-likeness (QED) is 0.878. The summed E-state index contributed by atoms with van der Waals surface area (Å²) in [6.07, 6.45) is 2.59. The van der Waals surface area contributed by atoms with Crippen molar-refractivity contribution in [3.05, 3.63) is 53.9 Å². The Morgan fingerprint density at radius 1 is 1.10 bits per heavy atom. The average molecular weight is 272 g/mol. The second-order valence-corrected chi connectivity index (χ2v) is 4.57. The van der Waals surface area contributed by atoms with Crippen LogP contribution in [0.15, 0.2) is 42.6 Å². The zero-order valence-electron chi connectivity index (χ0n) is 11.9. The van der Waals surface area contributed by atoms with E-state index in [9.17, 15) is 0 Å². The van der Waals surface area contributed by atoms with Crippen LogP contribution in [0.4, 0.5) is 0 Å². The van der Waals surface area contributed by atoms with Crippen molar-refractivity contribution in [3.8, 4) is 11.5 Å². The van der Waals surface area contributed by atoms with Gasteiger partial charge in [0.15, 0.2) is 0 Å². The summed E-state index contributed by atoms with van der Waals surface area (Å²) in [5.74, 6) is 1.58. The van der Waals surface area contributed by atoms with Gasteiger partial charge in [-0.15, -0.1) is 0 Å². The van der Waals surface area contributed by atoms with E-state index >= 15 is 0 Å². The van der Waals surface area contributed by atoms with E-state index in [1.807, 2.05) is 43.3 Å². The first-order valence-corrected chi connectivity index (χ1v) is 6.70. The monoisotopic (exact) mass is 272 g/mol. The van der Waals surface area contributed by atoms with Crippen LogP contribution in [0.3, 0.4) is 0 Å². The van der Waals surface area contributed by atoms with Gasteiger partial charge in [-0.1, -0.05) is 19.1 Å². The van der Waals surface area contributed by atoms with Gasteiger partial charge in [0.1, 0.15) is 18.1 Å². The molecule has 0 radical (unpaired) electrons. The summed E-state index contributed by atoms with van der Waals surface area (Å²) in [6.45, 7) is 2.55. The lowest BCUT2D eigenvalue weighted by Crippen LogP contribution is -2.10. The molecule has 1 atom stereocenters. The Morgan fingerprint density at radius 3 is 2.35 bits per heavy atom. The van der Waals surface area contributed by atoms with Crippen molar-refractivity contribution in [2.24, 2.45) is 5.73 Å². The van der Waals surface area contributed by atoms with Crippen LogP contribution >= 0.6 is 0 Å². The normalized spacial score (nSPS) is 11.9. The van der Waals surface area contributed by atoms with Gasteiger partial charge < -0.3 is 15.2 Å². The highest BCUT2D eigenvalue weighted by atomic mass is 16.5. The number of methoxy groups -OCH3 is 1. The van der Waals surface area contributed by atoms with Crippen LogP contribution in [0.5, 0.6) is 11.5 Å². The Labute approximate surface area is 119 Å². The molecule has 1 aromatic heterocycles. The van der Waals surface area contributed by atoms with Gasteiger partial charge in [0.05, 0.1) is 19.0 Å². The maximum absolute atomic E-state index is 5.92. The highest BCUT2D eigenvalue weighted by Gasteiger charge is 2.04. The van der Waals surface area contributed by atoms with Crippen LogP contribution in [0.1, 0.15) is 30.6 Å². The minimum Gasteiger partial charge on any atom is -0.497 e. The first-order valence-electron chi connectivity index (χ1n) is 6.70. The Kier molecular flexibility index (Phi) is 4.96. The number of pyridine rings is 1. The minimum atomic E-state index is -0.00867. The third-order valence-electron chi connectivity index (χ3n) is 3.14. The van der Waals surface area contributed by atoms with Crippen molar-refractivity contribution in [2.45, 2.75) is 26.0 Å². The standard InChI is InChI=1S/C16H20N2O2/c1-3-15(17)16-9-8-14(10-18-16)20-11-12-4-6-13(19-2)7-5-12/h4-10,15H,3,11,17H2,1-2H3/t15-/m0/s1. The Balaban J connectivity index is 1.93. The predicted molar refractivity (Wildman–Crippen MR) is 78.8 cm³/mol. The first-order chi connectivity index (χ1) is 9.72. The molecule has 2 N–H and O–H groups in total. The van der Waals surface area contributed by atoms with E-state index < -0.39 is 0 Å². The topological polar surface area (TPSA) is 57.4 Å².